The number of halogens is 1. The molecule has 0 N–H and O–H groups in total. The Bertz CT molecular complexity index is 585. The zero-order chi connectivity index (χ0) is 16.1. The van der Waals surface area contributed by atoms with E-state index in [-0.39, 0.29) is 17.4 Å². The summed E-state index contributed by atoms with van der Waals surface area (Å²) in [4.78, 5) is 10.9. The third-order valence-corrected chi connectivity index (χ3v) is 6.11. The van der Waals surface area contributed by atoms with E-state index in [0.717, 1.165) is 0 Å². The van der Waals surface area contributed by atoms with Gasteiger partial charge in [0.1, 0.15) is 12.3 Å². The van der Waals surface area contributed by atoms with Crippen LogP contribution in [0.5, 0.6) is 5.75 Å². The highest BCUT2D eigenvalue weighted by Gasteiger charge is 2.43. The molecule has 0 radical (unpaired) electrons. The Kier molecular flexibility index (Phi) is 4.18. The van der Waals surface area contributed by atoms with Crippen LogP contribution in [0.4, 0.5) is 5.82 Å². The van der Waals surface area contributed by atoms with E-state index in [2.05, 4.69) is 21.8 Å². The predicted octanol–water partition coefficient (Wildman–Crippen LogP) is 1.73. The van der Waals surface area contributed by atoms with Crippen molar-refractivity contribution >= 4 is 28.6 Å². The minimum absolute atomic E-state index is 0.116. The average Bonchev–Trinajstić information content (AvgIpc) is 2.45. The van der Waals surface area contributed by atoms with E-state index in [1.165, 1.54) is 0 Å². The van der Waals surface area contributed by atoms with E-state index in [0.29, 0.717) is 37.1 Å². The van der Waals surface area contributed by atoms with E-state index < -0.39 is 15.9 Å². The molecular formula is C14H20ClN3O3S. The van der Waals surface area contributed by atoms with E-state index in [9.17, 15) is 4.55 Å². The Balaban J connectivity index is 2.14. The number of nitrogens with zero attached hydrogens (tertiary/aromatic N) is 3. The minimum Gasteiger partial charge on any atom is -0.616 e. The molecule has 0 saturated carbocycles. The molecule has 1 saturated heterocycles. The van der Waals surface area contributed by atoms with Gasteiger partial charge in [0, 0.05) is 0 Å². The molecule has 22 heavy (non-hydrogen) atoms. The van der Waals surface area contributed by atoms with Crippen molar-refractivity contribution in [2.75, 3.05) is 31.0 Å². The molecule has 0 aliphatic carbocycles. The number of hydrogen-bond acceptors (Lipinski definition) is 6. The molecule has 0 bridgehead atoms. The highest BCUT2D eigenvalue weighted by Crippen LogP contribution is 2.43. The van der Waals surface area contributed by atoms with Crippen LogP contribution in [-0.2, 0) is 20.7 Å². The van der Waals surface area contributed by atoms with Crippen molar-refractivity contribution in [1.29, 1.82) is 0 Å². The molecule has 0 aromatic carbocycles. The van der Waals surface area contributed by atoms with Gasteiger partial charge in [-0.25, -0.2) is 4.98 Å². The van der Waals surface area contributed by atoms with Crippen LogP contribution in [0.25, 0.3) is 0 Å². The molecule has 2 aliphatic heterocycles. The van der Waals surface area contributed by atoms with Crippen molar-refractivity contribution in [3.8, 4) is 5.75 Å². The first-order chi connectivity index (χ1) is 10.3. The summed E-state index contributed by atoms with van der Waals surface area (Å²) >= 11 is 5.01. The smallest absolute Gasteiger partial charge is 0.225 e. The summed E-state index contributed by atoms with van der Waals surface area (Å²) in [5.74, 6) is 1.27. The fourth-order valence-electron chi connectivity index (χ4n) is 2.85. The third-order valence-electron chi connectivity index (χ3n) is 4.31. The summed E-state index contributed by atoms with van der Waals surface area (Å²) in [6, 6.07) is 0.292. The summed E-state index contributed by atoms with van der Waals surface area (Å²) in [6.45, 7) is 7.57. The van der Waals surface area contributed by atoms with Crippen LogP contribution in [0.2, 0.25) is 5.28 Å². The van der Waals surface area contributed by atoms with Crippen LogP contribution < -0.4 is 9.64 Å². The van der Waals surface area contributed by atoms with Gasteiger partial charge >= 0.3 is 0 Å². The van der Waals surface area contributed by atoms with Crippen LogP contribution in [0, 0.1) is 0 Å². The lowest BCUT2D eigenvalue weighted by atomic mass is 10.0. The molecule has 3 heterocycles. The Morgan fingerprint density at radius 2 is 2.05 bits per heavy atom. The van der Waals surface area contributed by atoms with Crippen molar-refractivity contribution < 1.29 is 14.0 Å². The second-order valence-corrected chi connectivity index (χ2v) is 8.48. The molecule has 8 heteroatoms. The first-order valence-electron chi connectivity index (χ1n) is 7.22. The summed E-state index contributed by atoms with van der Waals surface area (Å²) in [5.41, 5.74) is 0.598. The van der Waals surface area contributed by atoms with Crippen LogP contribution in [-0.4, -0.2) is 52.7 Å². The zero-order valence-corrected chi connectivity index (χ0v) is 14.7. The summed E-state index contributed by atoms with van der Waals surface area (Å²) in [7, 11) is 0. The number of hydrogen-bond donors (Lipinski definition) is 0. The maximum atomic E-state index is 12.1. The second-order valence-electron chi connectivity index (χ2n) is 6.22. The van der Waals surface area contributed by atoms with Crippen LogP contribution in [0.15, 0.2) is 0 Å². The maximum absolute atomic E-state index is 12.1. The Morgan fingerprint density at radius 3 is 2.73 bits per heavy atom. The van der Waals surface area contributed by atoms with E-state index in [4.69, 9.17) is 21.1 Å². The first kappa shape index (κ1) is 16.1. The second kappa shape index (κ2) is 5.70. The summed E-state index contributed by atoms with van der Waals surface area (Å²) < 4.78 is 23.0. The van der Waals surface area contributed by atoms with E-state index >= 15 is 0 Å². The largest absolute Gasteiger partial charge is 0.616 e. The molecule has 2 aliphatic rings. The minimum atomic E-state index is -1.12. The standard InChI is InChI=1S/C14H20ClN3O3S/c1-8-5-20-6-9-7-21-10-11(14(2,3)22(4)19)16-13(15)17-12(10)18(8)9/h8-9H,5-7H2,1-4H3/t8-,9-,22?/m1/s1. The van der Waals surface area contributed by atoms with Crippen molar-refractivity contribution in [3.63, 3.8) is 0 Å². The van der Waals surface area contributed by atoms with Crippen molar-refractivity contribution in [2.45, 2.75) is 37.6 Å². The Labute approximate surface area is 138 Å². The third kappa shape index (κ3) is 2.54. The predicted molar refractivity (Wildman–Crippen MR) is 86.2 cm³/mol. The molecule has 1 aromatic heterocycles. The van der Waals surface area contributed by atoms with Gasteiger partial charge in [-0.2, -0.15) is 4.98 Å². The van der Waals surface area contributed by atoms with Crippen molar-refractivity contribution in [3.05, 3.63) is 11.0 Å². The lowest BCUT2D eigenvalue weighted by Gasteiger charge is -2.45. The van der Waals surface area contributed by atoms with E-state index in [1.54, 1.807) is 6.26 Å². The van der Waals surface area contributed by atoms with Crippen molar-refractivity contribution in [1.82, 2.24) is 9.97 Å². The van der Waals surface area contributed by atoms with Gasteiger partial charge in [0.05, 0.1) is 31.6 Å². The zero-order valence-electron chi connectivity index (χ0n) is 13.1. The molecule has 3 atom stereocenters. The van der Waals surface area contributed by atoms with Crippen LogP contribution in [0.1, 0.15) is 26.5 Å². The molecule has 0 spiro atoms. The van der Waals surface area contributed by atoms with E-state index in [1.807, 2.05) is 13.8 Å². The molecular weight excluding hydrogens is 326 g/mol. The topological polar surface area (TPSA) is 70.5 Å². The lowest BCUT2D eigenvalue weighted by Crippen LogP contribution is -2.56. The fraction of sp³-hybridized carbons (Fsp3) is 0.714. The highest BCUT2D eigenvalue weighted by atomic mass is 35.5. The summed E-state index contributed by atoms with van der Waals surface area (Å²) in [5, 5.41) is 0.148. The monoisotopic (exact) mass is 345 g/mol. The van der Waals surface area contributed by atoms with Gasteiger partial charge in [0.2, 0.25) is 5.28 Å². The number of fused-ring (bicyclic) bond motifs is 3. The maximum Gasteiger partial charge on any atom is 0.225 e. The summed E-state index contributed by atoms with van der Waals surface area (Å²) in [6.07, 6.45) is 1.66. The quantitative estimate of drug-likeness (QED) is 0.600. The van der Waals surface area contributed by atoms with Gasteiger partial charge in [0.15, 0.2) is 16.3 Å². The number of ether oxygens (including phenoxy) is 2. The van der Waals surface area contributed by atoms with Crippen LogP contribution >= 0.6 is 11.6 Å². The molecule has 3 rings (SSSR count). The number of anilines is 1. The van der Waals surface area contributed by atoms with Crippen molar-refractivity contribution in [2.24, 2.45) is 0 Å². The van der Waals surface area contributed by atoms with Gasteiger partial charge in [-0.05, 0) is 43.5 Å². The molecule has 6 nitrogen and oxygen atoms in total. The normalized spacial score (nSPS) is 26.0. The number of rotatable bonds is 2. The lowest BCUT2D eigenvalue weighted by molar-refractivity contribution is 0.0482. The molecule has 122 valence electrons. The molecule has 1 fully saturated rings. The average molecular weight is 346 g/mol. The van der Waals surface area contributed by atoms with Gasteiger partial charge in [0.25, 0.3) is 0 Å². The van der Waals surface area contributed by atoms with Gasteiger partial charge in [-0.3, -0.25) is 0 Å². The van der Waals surface area contributed by atoms with Crippen LogP contribution in [0.3, 0.4) is 0 Å². The SMILES string of the molecule is C[C@@H]1COC[C@@H]2COc3c(nc(Cl)nc3C(C)(C)[S+](C)[O-])N21. The number of morpholine rings is 1. The fourth-order valence-corrected chi connectivity index (χ4v) is 3.42. The molecule has 1 unspecified atom stereocenters. The Hall–Kier alpha value is -0.760. The van der Waals surface area contributed by atoms with Gasteiger partial charge in [-0.1, -0.05) is 0 Å². The molecule has 1 aromatic rings. The molecule has 0 amide bonds. The Morgan fingerprint density at radius 1 is 1.32 bits per heavy atom. The van der Waals surface area contributed by atoms with Gasteiger partial charge in [-0.15, -0.1) is 0 Å². The first-order valence-corrected chi connectivity index (χ1v) is 9.16. The number of aromatic nitrogens is 2. The van der Waals surface area contributed by atoms with Gasteiger partial charge < -0.3 is 18.9 Å². The highest BCUT2D eigenvalue weighted by molar-refractivity contribution is 7.91.